The molecule has 4 aromatic heterocycles. The fraction of sp³-hybridized carbons (Fsp3) is 0.435. The molecular weight excluding hydrogens is 450 g/mol. The van der Waals surface area contributed by atoms with Gasteiger partial charge in [0.1, 0.15) is 5.82 Å². The van der Waals surface area contributed by atoms with Crippen LogP contribution in [0.2, 0.25) is 0 Å². The number of hydrogen-bond acceptors (Lipinski definition) is 10. The van der Waals surface area contributed by atoms with Gasteiger partial charge in [-0.3, -0.25) is 4.98 Å². The monoisotopic (exact) mass is 475 g/mol. The molecule has 10 nitrogen and oxygen atoms in total. The third kappa shape index (κ3) is 3.60. The number of ether oxygens (including phenoxy) is 1. The number of nitrogens with one attached hydrogen (secondary N) is 2. The van der Waals surface area contributed by atoms with Crippen LogP contribution in [0.25, 0.3) is 15.3 Å². The highest BCUT2D eigenvalue weighted by atomic mass is 32.1. The molecule has 3 aliphatic rings. The van der Waals surface area contributed by atoms with Crippen LogP contribution in [-0.4, -0.2) is 68.1 Å². The van der Waals surface area contributed by atoms with Gasteiger partial charge in [-0.25, -0.2) is 19.6 Å². The number of hydrogen-bond donors (Lipinski definition) is 2. The maximum absolute atomic E-state index is 5.60. The molecule has 4 aromatic rings. The van der Waals surface area contributed by atoms with Gasteiger partial charge in [0.05, 0.1) is 22.1 Å². The Labute approximate surface area is 200 Å². The highest BCUT2D eigenvalue weighted by Gasteiger charge is 2.40. The second-order valence-electron chi connectivity index (χ2n) is 9.11. The van der Waals surface area contributed by atoms with E-state index in [1.165, 1.54) is 6.42 Å². The van der Waals surface area contributed by atoms with Gasteiger partial charge >= 0.3 is 0 Å². The van der Waals surface area contributed by atoms with Gasteiger partial charge in [0, 0.05) is 69.0 Å². The van der Waals surface area contributed by atoms with Crippen molar-refractivity contribution in [2.45, 2.75) is 37.3 Å². The van der Waals surface area contributed by atoms with Crippen molar-refractivity contribution in [1.82, 2.24) is 35.0 Å². The van der Waals surface area contributed by atoms with Crippen LogP contribution in [0.15, 0.2) is 36.9 Å². The Morgan fingerprint density at radius 3 is 2.85 bits per heavy atom. The predicted molar refractivity (Wildman–Crippen MR) is 130 cm³/mol. The first-order chi connectivity index (χ1) is 16.8. The third-order valence-electron chi connectivity index (χ3n) is 6.94. The van der Waals surface area contributed by atoms with E-state index < -0.39 is 0 Å². The Kier molecular flexibility index (Phi) is 4.92. The predicted octanol–water partition coefficient (Wildman–Crippen LogP) is 2.86. The van der Waals surface area contributed by atoms with Gasteiger partial charge in [-0.15, -0.1) is 0 Å². The lowest BCUT2D eigenvalue weighted by molar-refractivity contribution is 0.0845. The summed E-state index contributed by atoms with van der Waals surface area (Å²) in [6, 6.07) is 4.87. The lowest BCUT2D eigenvalue weighted by Crippen LogP contribution is -2.44. The van der Waals surface area contributed by atoms with Gasteiger partial charge in [-0.2, -0.15) is 5.10 Å². The van der Waals surface area contributed by atoms with E-state index >= 15 is 0 Å². The molecule has 7 heterocycles. The van der Waals surface area contributed by atoms with Crippen molar-refractivity contribution in [3.8, 4) is 5.13 Å². The zero-order valence-electron chi connectivity index (χ0n) is 18.6. The van der Waals surface area contributed by atoms with Crippen molar-refractivity contribution in [3.63, 3.8) is 0 Å². The number of pyridine rings is 1. The largest absolute Gasteiger partial charge is 0.381 e. The molecule has 2 bridgehead atoms. The van der Waals surface area contributed by atoms with Gasteiger partial charge in [0.25, 0.3) is 0 Å². The zero-order valence-corrected chi connectivity index (χ0v) is 19.4. The second kappa shape index (κ2) is 8.26. The zero-order chi connectivity index (χ0) is 22.5. The summed E-state index contributed by atoms with van der Waals surface area (Å²) in [6.45, 7) is 3.57. The van der Waals surface area contributed by atoms with Crippen LogP contribution in [-0.2, 0) is 4.74 Å². The molecule has 0 radical (unpaired) electrons. The molecule has 0 spiro atoms. The van der Waals surface area contributed by atoms with E-state index in [9.17, 15) is 0 Å². The topological polar surface area (TPSA) is 106 Å². The fourth-order valence-corrected chi connectivity index (χ4v) is 6.10. The summed E-state index contributed by atoms with van der Waals surface area (Å²) in [5.41, 5.74) is 1.98. The van der Waals surface area contributed by atoms with Crippen LogP contribution in [0.5, 0.6) is 0 Å². The van der Waals surface area contributed by atoms with E-state index in [1.54, 1.807) is 22.2 Å². The van der Waals surface area contributed by atoms with E-state index in [0.717, 1.165) is 66.0 Å². The molecule has 0 saturated carbocycles. The van der Waals surface area contributed by atoms with Crippen LogP contribution < -0.4 is 15.5 Å². The van der Waals surface area contributed by atoms with Crippen LogP contribution in [0.1, 0.15) is 30.9 Å². The van der Waals surface area contributed by atoms with E-state index in [4.69, 9.17) is 19.7 Å². The van der Waals surface area contributed by atoms with Crippen LogP contribution in [0.3, 0.4) is 0 Å². The molecule has 174 valence electrons. The first-order valence-corrected chi connectivity index (χ1v) is 12.6. The van der Waals surface area contributed by atoms with E-state index in [-0.39, 0.29) is 0 Å². The van der Waals surface area contributed by atoms with E-state index in [0.29, 0.717) is 29.6 Å². The van der Waals surface area contributed by atoms with Crippen molar-refractivity contribution in [2.75, 3.05) is 36.5 Å². The molecule has 3 saturated heterocycles. The summed E-state index contributed by atoms with van der Waals surface area (Å²) in [5, 5.41) is 12.1. The van der Waals surface area contributed by atoms with Gasteiger partial charge in [-0.1, -0.05) is 11.3 Å². The normalized spacial score (nSPS) is 22.6. The quantitative estimate of drug-likeness (QED) is 0.451. The lowest BCUT2D eigenvalue weighted by atomic mass is 9.95. The molecule has 2 N–H and O–H groups in total. The van der Waals surface area contributed by atoms with E-state index in [2.05, 4.69) is 25.6 Å². The minimum atomic E-state index is 0.391. The second-order valence-corrected chi connectivity index (χ2v) is 10.1. The first-order valence-electron chi connectivity index (χ1n) is 11.8. The smallest absolute Gasteiger partial charge is 0.211 e. The fourth-order valence-electron chi connectivity index (χ4n) is 5.24. The summed E-state index contributed by atoms with van der Waals surface area (Å²) < 4.78 is 8.38. The molecule has 3 aliphatic heterocycles. The summed E-state index contributed by atoms with van der Waals surface area (Å²) >= 11 is 1.56. The molecule has 0 amide bonds. The Hall–Kier alpha value is -3.15. The van der Waals surface area contributed by atoms with Crippen LogP contribution >= 0.6 is 11.3 Å². The van der Waals surface area contributed by atoms with Crippen molar-refractivity contribution in [2.24, 2.45) is 0 Å². The minimum absolute atomic E-state index is 0.391. The number of aromatic nitrogens is 6. The van der Waals surface area contributed by atoms with Crippen LogP contribution in [0, 0.1) is 0 Å². The van der Waals surface area contributed by atoms with Gasteiger partial charge in [-0.05, 0) is 25.3 Å². The summed E-state index contributed by atoms with van der Waals surface area (Å²) in [6.07, 6.45) is 10.5. The lowest BCUT2D eigenvalue weighted by Gasteiger charge is -2.32. The Bertz CT molecular complexity index is 1320. The summed E-state index contributed by atoms with van der Waals surface area (Å²) in [7, 11) is 0. The van der Waals surface area contributed by atoms with Gasteiger partial charge in [0.15, 0.2) is 11.6 Å². The summed E-state index contributed by atoms with van der Waals surface area (Å²) in [4.78, 5) is 21.8. The summed E-state index contributed by atoms with van der Waals surface area (Å²) in [5.74, 6) is 2.81. The average molecular weight is 476 g/mol. The maximum Gasteiger partial charge on any atom is 0.211 e. The number of rotatable bonds is 5. The van der Waals surface area contributed by atoms with Gasteiger partial charge < -0.3 is 20.3 Å². The number of nitrogens with zero attached hydrogens (tertiary/aromatic N) is 7. The molecule has 11 heteroatoms. The Morgan fingerprint density at radius 1 is 1.12 bits per heavy atom. The molecule has 7 rings (SSSR count). The van der Waals surface area contributed by atoms with Crippen molar-refractivity contribution >= 4 is 39.0 Å². The number of thiazole rings is 1. The van der Waals surface area contributed by atoms with Crippen LogP contribution in [0.4, 0.5) is 17.5 Å². The first kappa shape index (κ1) is 20.2. The Morgan fingerprint density at radius 2 is 2.06 bits per heavy atom. The number of piperazine rings is 1. The average Bonchev–Trinajstić information content (AvgIpc) is 3.68. The van der Waals surface area contributed by atoms with E-state index in [1.807, 2.05) is 30.7 Å². The van der Waals surface area contributed by atoms with Crippen molar-refractivity contribution < 1.29 is 4.74 Å². The number of fused-ring (bicyclic) bond motifs is 3. The molecule has 34 heavy (non-hydrogen) atoms. The molecule has 2 atom stereocenters. The molecule has 0 aliphatic carbocycles. The highest BCUT2D eigenvalue weighted by molar-refractivity contribution is 7.20. The molecule has 0 aromatic carbocycles. The van der Waals surface area contributed by atoms with Crippen molar-refractivity contribution in [3.05, 3.63) is 42.6 Å². The molecule has 0 unspecified atom stereocenters. The third-order valence-corrected chi connectivity index (χ3v) is 7.93. The molecular formula is C23H25N9OS. The molecule has 3 fully saturated rings. The number of anilines is 3. The van der Waals surface area contributed by atoms with Crippen molar-refractivity contribution in [1.29, 1.82) is 0 Å². The van der Waals surface area contributed by atoms with Gasteiger partial charge in [0.2, 0.25) is 5.13 Å². The highest BCUT2D eigenvalue weighted by Crippen LogP contribution is 2.37. The standard InChI is InChI=1S/C23H25N9OS/c1-4-27-32(5-1)23-28-17-9-19(25-11-18(17)34-23)29-20-12-26-21(14-2-6-33-7-3-14)22(30-20)31-13-15-8-16(31)10-24-15/h1,4-5,9,11-12,14-16,24H,2-3,6-8,10,13H2,(H,25,29,30)/t15-,16-/m0/s1. The minimum Gasteiger partial charge on any atom is -0.381 e. The SMILES string of the molecule is c1cnn(-c2nc3cc(Nc4cnc(C5CCOCC5)c(N5C[C@@H]6C[C@H]5CN6)n4)ncc3s2)c1. The Balaban J connectivity index is 1.20. The maximum atomic E-state index is 5.60.